The Balaban J connectivity index is 0.00000242. The second-order valence-corrected chi connectivity index (χ2v) is 5.48. The van der Waals surface area contributed by atoms with Crippen molar-refractivity contribution in [2.45, 2.75) is 45.6 Å². The van der Waals surface area contributed by atoms with Crippen LogP contribution in [0.2, 0.25) is 0 Å². The molecule has 122 valence electrons. The van der Waals surface area contributed by atoms with Gasteiger partial charge in [0.1, 0.15) is 0 Å². The molecule has 2 amide bonds. The summed E-state index contributed by atoms with van der Waals surface area (Å²) in [6.45, 7) is 4.74. The number of halogens is 1. The van der Waals surface area contributed by atoms with Gasteiger partial charge in [-0.05, 0) is 44.0 Å². The number of rotatable bonds is 5. The molecule has 2 rings (SSSR count). The Morgan fingerprint density at radius 2 is 2.05 bits per heavy atom. The Bertz CT molecular complexity index is 528. The van der Waals surface area contributed by atoms with Crippen molar-refractivity contribution in [3.05, 3.63) is 23.8 Å². The minimum absolute atomic E-state index is 0. The van der Waals surface area contributed by atoms with E-state index in [1.165, 1.54) is 0 Å². The molecule has 1 fully saturated rings. The molecule has 1 atom stereocenters. The maximum Gasteiger partial charge on any atom is 0.225 e. The molecule has 1 unspecified atom stereocenters. The van der Waals surface area contributed by atoms with Crippen molar-refractivity contribution >= 4 is 35.6 Å². The highest BCUT2D eigenvalue weighted by atomic mass is 35.5. The van der Waals surface area contributed by atoms with Crippen LogP contribution in [0, 0.1) is 6.92 Å². The zero-order valence-corrected chi connectivity index (χ0v) is 13.9. The molecule has 3 N–H and O–H groups in total. The molecule has 0 saturated carbocycles. The van der Waals surface area contributed by atoms with Gasteiger partial charge in [-0.2, -0.15) is 0 Å². The average Bonchev–Trinajstić information content (AvgIpc) is 2.95. The second-order valence-electron chi connectivity index (χ2n) is 5.48. The van der Waals surface area contributed by atoms with Gasteiger partial charge >= 0.3 is 0 Å². The average molecular weight is 326 g/mol. The number of carbonyl (C=O) groups excluding carboxylic acids is 2. The lowest BCUT2D eigenvalue weighted by Crippen LogP contribution is -2.27. The molecule has 1 aliphatic heterocycles. The highest BCUT2D eigenvalue weighted by molar-refractivity contribution is 5.94. The van der Waals surface area contributed by atoms with Crippen LogP contribution in [0.15, 0.2) is 18.2 Å². The molecule has 1 aromatic carbocycles. The van der Waals surface area contributed by atoms with E-state index in [-0.39, 0.29) is 30.3 Å². The van der Waals surface area contributed by atoms with E-state index >= 15 is 0 Å². The van der Waals surface area contributed by atoms with Crippen molar-refractivity contribution in [1.29, 1.82) is 0 Å². The van der Waals surface area contributed by atoms with Gasteiger partial charge in [0.15, 0.2) is 0 Å². The van der Waals surface area contributed by atoms with E-state index in [2.05, 4.69) is 16.0 Å². The van der Waals surface area contributed by atoms with Gasteiger partial charge in [0.2, 0.25) is 11.8 Å². The zero-order valence-electron chi connectivity index (χ0n) is 13.1. The van der Waals surface area contributed by atoms with Gasteiger partial charge in [0.05, 0.1) is 0 Å². The lowest BCUT2D eigenvalue weighted by molar-refractivity contribution is -0.117. The van der Waals surface area contributed by atoms with E-state index < -0.39 is 0 Å². The molecule has 5 nitrogen and oxygen atoms in total. The van der Waals surface area contributed by atoms with Crippen LogP contribution in [-0.4, -0.2) is 24.4 Å². The zero-order chi connectivity index (χ0) is 15.2. The lowest BCUT2D eigenvalue weighted by Gasteiger charge is -2.13. The van der Waals surface area contributed by atoms with Crippen LogP contribution in [0.1, 0.15) is 38.2 Å². The van der Waals surface area contributed by atoms with Crippen LogP contribution < -0.4 is 16.0 Å². The predicted octanol–water partition coefficient (Wildman–Crippen LogP) is 2.85. The van der Waals surface area contributed by atoms with E-state index in [0.717, 1.165) is 30.6 Å². The number of anilines is 2. The molecule has 0 aromatic heterocycles. The Hall–Kier alpha value is -1.59. The third kappa shape index (κ3) is 5.31. The number of hydrogen-bond donors (Lipinski definition) is 3. The maximum atomic E-state index is 12.1. The summed E-state index contributed by atoms with van der Waals surface area (Å²) < 4.78 is 0. The van der Waals surface area contributed by atoms with Gasteiger partial charge in [-0.1, -0.05) is 13.0 Å². The summed E-state index contributed by atoms with van der Waals surface area (Å²) in [5.74, 6) is -0.0252. The Labute approximate surface area is 137 Å². The summed E-state index contributed by atoms with van der Waals surface area (Å²) >= 11 is 0. The fraction of sp³-hybridized carbons (Fsp3) is 0.500. The molecule has 22 heavy (non-hydrogen) atoms. The Morgan fingerprint density at radius 3 is 2.68 bits per heavy atom. The summed E-state index contributed by atoms with van der Waals surface area (Å²) in [6.07, 6.45) is 3.11. The van der Waals surface area contributed by atoms with Crippen molar-refractivity contribution in [2.75, 3.05) is 17.2 Å². The first-order valence-corrected chi connectivity index (χ1v) is 7.52. The molecule has 0 spiro atoms. The normalized spacial score (nSPS) is 16.7. The van der Waals surface area contributed by atoms with E-state index in [0.29, 0.717) is 18.5 Å². The molecule has 1 aliphatic rings. The molecule has 0 bridgehead atoms. The highest BCUT2D eigenvalue weighted by Gasteiger charge is 2.18. The van der Waals surface area contributed by atoms with Crippen LogP contribution in [0.3, 0.4) is 0 Å². The standard InChI is InChI=1S/C16H23N3O2.ClH/c1-3-15(20)18-13-7-6-11(2)14(9-13)19-16(21)10-12-5-4-8-17-12;/h6-7,9,12,17H,3-5,8,10H2,1-2H3,(H,18,20)(H,19,21);1H. The first-order chi connectivity index (χ1) is 10.1. The maximum absolute atomic E-state index is 12.1. The van der Waals surface area contributed by atoms with Crippen molar-refractivity contribution in [2.24, 2.45) is 0 Å². The van der Waals surface area contributed by atoms with E-state index in [1.807, 2.05) is 25.1 Å². The lowest BCUT2D eigenvalue weighted by atomic mass is 10.1. The summed E-state index contributed by atoms with van der Waals surface area (Å²) in [4.78, 5) is 23.5. The molecule has 0 aliphatic carbocycles. The SMILES string of the molecule is CCC(=O)Nc1ccc(C)c(NC(=O)CC2CCCN2)c1.Cl. The van der Waals surface area contributed by atoms with E-state index in [1.54, 1.807) is 6.92 Å². The van der Waals surface area contributed by atoms with E-state index in [9.17, 15) is 9.59 Å². The first-order valence-electron chi connectivity index (χ1n) is 7.52. The number of amides is 2. The van der Waals surface area contributed by atoms with Gasteiger partial charge < -0.3 is 16.0 Å². The van der Waals surface area contributed by atoms with Crippen molar-refractivity contribution in [3.63, 3.8) is 0 Å². The van der Waals surface area contributed by atoms with Crippen molar-refractivity contribution < 1.29 is 9.59 Å². The van der Waals surface area contributed by atoms with Gasteiger partial charge in [-0.3, -0.25) is 9.59 Å². The summed E-state index contributed by atoms with van der Waals surface area (Å²) in [5, 5.41) is 9.06. The summed E-state index contributed by atoms with van der Waals surface area (Å²) in [6, 6.07) is 5.84. The molecular formula is C16H24ClN3O2. The fourth-order valence-corrected chi connectivity index (χ4v) is 2.44. The number of benzene rings is 1. The minimum Gasteiger partial charge on any atom is -0.326 e. The predicted molar refractivity (Wildman–Crippen MR) is 91.6 cm³/mol. The van der Waals surface area contributed by atoms with Crippen LogP contribution in [0.25, 0.3) is 0 Å². The van der Waals surface area contributed by atoms with Crippen LogP contribution in [0.4, 0.5) is 11.4 Å². The van der Waals surface area contributed by atoms with Crippen molar-refractivity contribution in [3.8, 4) is 0 Å². The molecule has 1 heterocycles. The number of hydrogen-bond acceptors (Lipinski definition) is 3. The topological polar surface area (TPSA) is 70.2 Å². The van der Waals surface area contributed by atoms with Crippen LogP contribution >= 0.6 is 12.4 Å². The monoisotopic (exact) mass is 325 g/mol. The fourth-order valence-electron chi connectivity index (χ4n) is 2.44. The highest BCUT2D eigenvalue weighted by Crippen LogP contribution is 2.21. The second kappa shape index (κ2) is 8.76. The minimum atomic E-state index is -0.0358. The van der Waals surface area contributed by atoms with E-state index in [4.69, 9.17) is 0 Å². The van der Waals surface area contributed by atoms with Crippen molar-refractivity contribution in [1.82, 2.24) is 5.32 Å². The summed E-state index contributed by atoms with van der Waals surface area (Å²) in [7, 11) is 0. The molecule has 6 heteroatoms. The molecular weight excluding hydrogens is 302 g/mol. The van der Waals surface area contributed by atoms with Gasteiger partial charge in [0.25, 0.3) is 0 Å². The number of aryl methyl sites for hydroxylation is 1. The largest absolute Gasteiger partial charge is 0.326 e. The quantitative estimate of drug-likeness (QED) is 0.779. The van der Waals surface area contributed by atoms with Gasteiger partial charge in [0, 0.05) is 30.3 Å². The Kier molecular flexibility index (Phi) is 7.35. The van der Waals surface area contributed by atoms with Gasteiger partial charge in [-0.15, -0.1) is 12.4 Å². The molecule has 0 radical (unpaired) electrons. The third-order valence-corrected chi connectivity index (χ3v) is 3.71. The number of nitrogens with one attached hydrogen (secondary N) is 3. The van der Waals surface area contributed by atoms with Crippen LogP contribution in [0.5, 0.6) is 0 Å². The van der Waals surface area contributed by atoms with Gasteiger partial charge in [-0.25, -0.2) is 0 Å². The molecule has 1 aromatic rings. The molecule has 1 saturated heterocycles. The van der Waals surface area contributed by atoms with Crippen LogP contribution in [-0.2, 0) is 9.59 Å². The third-order valence-electron chi connectivity index (χ3n) is 3.71. The summed E-state index contributed by atoms with van der Waals surface area (Å²) in [5.41, 5.74) is 2.45. The first kappa shape index (κ1) is 18.5. The Morgan fingerprint density at radius 1 is 1.27 bits per heavy atom. The number of carbonyl (C=O) groups is 2. The smallest absolute Gasteiger partial charge is 0.225 e.